The summed E-state index contributed by atoms with van der Waals surface area (Å²) >= 11 is 7.37. The number of alkyl halides is 3. The maximum absolute atomic E-state index is 13.7. The summed E-state index contributed by atoms with van der Waals surface area (Å²) in [5.74, 6) is -0.444. The molecule has 1 fully saturated rings. The molecule has 0 radical (unpaired) electrons. The summed E-state index contributed by atoms with van der Waals surface area (Å²) in [6, 6.07) is 17.5. The highest BCUT2D eigenvalue weighted by Gasteiger charge is 2.38. The third-order valence-electron chi connectivity index (χ3n) is 6.85. The minimum absolute atomic E-state index is 0.0667. The standard InChI is InChI=1S/C28H22ClF3N2O4S2/c1-27(11-12-33-15-27)38-23-13-16(9-10-21(23)28(30,31)32)34-40(35,36)24-14-20(26(29)39-24)19-7-4-6-18-17-5-2-3-8-22(17)37-25(18)19/h2-10,13-14,33-34H,11-12,15H2,1H3/t27-/m1/s1. The van der Waals surface area contributed by atoms with Gasteiger partial charge in [-0.15, -0.1) is 11.3 Å². The quantitative estimate of drug-likeness (QED) is 0.205. The van der Waals surface area contributed by atoms with Crippen LogP contribution in [0.5, 0.6) is 5.75 Å². The van der Waals surface area contributed by atoms with Crippen molar-refractivity contribution >= 4 is 60.6 Å². The predicted octanol–water partition coefficient (Wildman–Crippen LogP) is 7.92. The molecule has 1 aliphatic heterocycles. The Kier molecular flexibility index (Phi) is 6.53. The van der Waals surface area contributed by atoms with E-state index in [-0.39, 0.29) is 14.2 Å². The number of fused-ring (bicyclic) bond motifs is 3. The number of rotatable bonds is 6. The Morgan fingerprint density at radius 2 is 1.82 bits per heavy atom. The Morgan fingerprint density at radius 1 is 1.05 bits per heavy atom. The molecule has 0 saturated carbocycles. The molecule has 3 aromatic carbocycles. The zero-order valence-corrected chi connectivity index (χ0v) is 23.3. The van der Waals surface area contributed by atoms with Crippen molar-refractivity contribution in [3.8, 4) is 16.9 Å². The van der Waals surface area contributed by atoms with E-state index in [0.29, 0.717) is 41.8 Å². The Hall–Kier alpha value is -3.25. The van der Waals surface area contributed by atoms with Crippen molar-refractivity contribution in [1.82, 2.24) is 5.32 Å². The summed E-state index contributed by atoms with van der Waals surface area (Å²) in [6.07, 6.45) is -4.17. The van der Waals surface area contributed by atoms with Gasteiger partial charge in [-0.3, -0.25) is 4.72 Å². The molecule has 2 aromatic heterocycles. The summed E-state index contributed by atoms with van der Waals surface area (Å²) in [6.45, 7) is 2.68. The van der Waals surface area contributed by atoms with Gasteiger partial charge in [0.25, 0.3) is 10.0 Å². The third kappa shape index (κ3) is 4.91. The van der Waals surface area contributed by atoms with Gasteiger partial charge in [-0.05, 0) is 37.7 Å². The van der Waals surface area contributed by atoms with Crippen LogP contribution in [0.25, 0.3) is 33.1 Å². The third-order valence-corrected chi connectivity index (χ3v) is 10.1. The molecule has 0 bridgehead atoms. The number of nitrogens with one attached hydrogen (secondary N) is 2. The lowest BCUT2D eigenvalue weighted by molar-refractivity contribution is -0.139. The molecule has 0 aliphatic carbocycles. The van der Waals surface area contributed by atoms with Crippen molar-refractivity contribution in [2.24, 2.45) is 0 Å². The van der Waals surface area contributed by atoms with Crippen LogP contribution in [-0.2, 0) is 16.2 Å². The smallest absolute Gasteiger partial charge is 0.419 e. The molecule has 0 unspecified atom stereocenters. The normalized spacial score (nSPS) is 18.0. The number of hydrogen-bond acceptors (Lipinski definition) is 6. The molecular weight excluding hydrogens is 585 g/mol. The number of thiophene rings is 1. The Morgan fingerprint density at radius 3 is 2.58 bits per heavy atom. The van der Waals surface area contributed by atoms with E-state index in [1.165, 1.54) is 6.07 Å². The van der Waals surface area contributed by atoms with Crippen LogP contribution in [0, 0.1) is 0 Å². The maximum atomic E-state index is 13.7. The second-order valence-electron chi connectivity index (χ2n) is 9.83. The zero-order valence-electron chi connectivity index (χ0n) is 20.9. The topological polar surface area (TPSA) is 80.6 Å². The first-order valence-electron chi connectivity index (χ1n) is 12.3. The molecule has 6 rings (SSSR count). The van der Waals surface area contributed by atoms with Crippen LogP contribution in [0.4, 0.5) is 18.9 Å². The Balaban J connectivity index is 1.35. The first-order chi connectivity index (χ1) is 18.9. The zero-order chi connectivity index (χ0) is 28.3. The highest BCUT2D eigenvalue weighted by molar-refractivity contribution is 7.94. The van der Waals surface area contributed by atoms with Crippen LogP contribution in [0.1, 0.15) is 18.9 Å². The van der Waals surface area contributed by atoms with Crippen molar-refractivity contribution in [3.05, 3.63) is 76.6 Å². The molecule has 1 saturated heterocycles. The summed E-state index contributed by atoms with van der Waals surface area (Å²) in [5.41, 5.74) is 0.445. The molecule has 1 atom stereocenters. The molecule has 1 aliphatic rings. The average molecular weight is 607 g/mol. The molecule has 40 heavy (non-hydrogen) atoms. The van der Waals surface area contributed by atoms with Crippen LogP contribution in [0.3, 0.4) is 0 Å². The number of sulfonamides is 1. The van der Waals surface area contributed by atoms with Crippen molar-refractivity contribution < 1.29 is 30.7 Å². The first-order valence-corrected chi connectivity index (χ1v) is 15.0. The molecule has 3 heterocycles. The van der Waals surface area contributed by atoms with Gasteiger partial charge >= 0.3 is 6.18 Å². The van der Waals surface area contributed by atoms with E-state index >= 15 is 0 Å². The van der Waals surface area contributed by atoms with Crippen LogP contribution < -0.4 is 14.8 Å². The summed E-state index contributed by atoms with van der Waals surface area (Å²) in [5, 5.41) is 4.85. The molecular formula is C28H22ClF3N2O4S2. The van der Waals surface area contributed by atoms with Gasteiger partial charge in [0, 0.05) is 40.9 Å². The van der Waals surface area contributed by atoms with Gasteiger partial charge in [-0.25, -0.2) is 8.42 Å². The second-order valence-corrected chi connectivity index (χ2v) is 13.4. The van der Waals surface area contributed by atoms with E-state index in [2.05, 4.69) is 10.0 Å². The molecule has 5 aromatic rings. The van der Waals surface area contributed by atoms with Crippen LogP contribution >= 0.6 is 22.9 Å². The van der Waals surface area contributed by atoms with E-state index in [9.17, 15) is 21.6 Å². The van der Waals surface area contributed by atoms with Crippen molar-refractivity contribution in [2.45, 2.75) is 29.3 Å². The van der Waals surface area contributed by atoms with E-state index < -0.39 is 33.1 Å². The van der Waals surface area contributed by atoms with Gasteiger partial charge in [0.15, 0.2) is 0 Å². The first kappa shape index (κ1) is 26.9. The number of ether oxygens (including phenoxy) is 1. The minimum Gasteiger partial charge on any atom is -0.485 e. The molecule has 208 valence electrons. The molecule has 0 spiro atoms. The largest absolute Gasteiger partial charge is 0.485 e. The molecule has 6 nitrogen and oxygen atoms in total. The minimum atomic E-state index is -4.68. The fraction of sp³-hybridized carbons (Fsp3) is 0.214. The fourth-order valence-corrected chi connectivity index (χ4v) is 7.68. The average Bonchev–Trinajstić information content (AvgIpc) is 3.60. The number of hydrogen-bond donors (Lipinski definition) is 2. The summed E-state index contributed by atoms with van der Waals surface area (Å²) in [4.78, 5) is 0. The van der Waals surface area contributed by atoms with Gasteiger partial charge in [-0.2, -0.15) is 13.2 Å². The second kappa shape index (κ2) is 9.69. The van der Waals surface area contributed by atoms with Gasteiger partial charge in [-0.1, -0.05) is 48.0 Å². The number of para-hydroxylation sites is 2. The molecule has 2 N–H and O–H groups in total. The van der Waals surface area contributed by atoms with Crippen LogP contribution in [-0.4, -0.2) is 27.1 Å². The summed E-state index contributed by atoms with van der Waals surface area (Å²) < 4.78 is 82.2. The number of benzene rings is 3. The van der Waals surface area contributed by atoms with E-state index in [1.807, 2.05) is 36.4 Å². The van der Waals surface area contributed by atoms with Crippen LogP contribution in [0.2, 0.25) is 4.34 Å². The number of furan rings is 1. The molecule has 0 amide bonds. The van der Waals surface area contributed by atoms with Crippen LogP contribution in [0.15, 0.2) is 75.4 Å². The number of anilines is 1. The highest BCUT2D eigenvalue weighted by Crippen LogP contribution is 2.44. The lowest BCUT2D eigenvalue weighted by atomic mass is 10.1. The maximum Gasteiger partial charge on any atom is 0.419 e. The van der Waals surface area contributed by atoms with Crippen molar-refractivity contribution in [2.75, 3.05) is 17.8 Å². The Labute approximate surface area is 236 Å². The van der Waals surface area contributed by atoms with E-state index in [1.54, 1.807) is 13.0 Å². The van der Waals surface area contributed by atoms with Crippen molar-refractivity contribution in [1.29, 1.82) is 0 Å². The lowest BCUT2D eigenvalue weighted by Gasteiger charge is -2.27. The van der Waals surface area contributed by atoms with Gasteiger partial charge in [0.2, 0.25) is 0 Å². The van der Waals surface area contributed by atoms with E-state index in [4.69, 9.17) is 20.8 Å². The summed E-state index contributed by atoms with van der Waals surface area (Å²) in [7, 11) is -4.20. The molecule has 12 heteroatoms. The SMILES string of the molecule is C[C@@]1(Oc2cc(NS(=O)(=O)c3cc(-c4cccc5c4oc4ccccc45)c(Cl)s3)ccc2C(F)(F)F)CCNC1. The number of halogens is 4. The Bertz CT molecular complexity index is 1860. The van der Waals surface area contributed by atoms with E-state index in [0.717, 1.165) is 40.3 Å². The van der Waals surface area contributed by atoms with Gasteiger partial charge < -0.3 is 14.5 Å². The van der Waals surface area contributed by atoms with Crippen molar-refractivity contribution in [3.63, 3.8) is 0 Å². The predicted molar refractivity (Wildman–Crippen MR) is 151 cm³/mol. The highest BCUT2D eigenvalue weighted by atomic mass is 35.5. The fourth-order valence-electron chi connectivity index (χ4n) is 4.88. The van der Waals surface area contributed by atoms with Gasteiger partial charge in [0.05, 0.1) is 11.3 Å². The van der Waals surface area contributed by atoms with Gasteiger partial charge in [0.1, 0.15) is 31.1 Å². The lowest BCUT2D eigenvalue weighted by Crippen LogP contribution is -2.35. The monoisotopic (exact) mass is 606 g/mol.